The van der Waals surface area contributed by atoms with Crippen molar-refractivity contribution in [1.82, 2.24) is 5.32 Å². The topological polar surface area (TPSA) is 87.7 Å². The lowest BCUT2D eigenvalue weighted by molar-refractivity contribution is -0.117. The lowest BCUT2D eigenvalue weighted by Gasteiger charge is -2.15. The van der Waals surface area contributed by atoms with Crippen molar-refractivity contribution >= 4 is 40.7 Å². The Balaban J connectivity index is 1.53. The molecule has 0 spiro atoms. The molecule has 1 saturated heterocycles. The molecule has 1 heterocycles. The van der Waals surface area contributed by atoms with E-state index in [2.05, 4.69) is 10.6 Å². The molecule has 3 amide bonds. The molecule has 0 saturated carbocycles. The first-order valence-corrected chi connectivity index (χ1v) is 9.18. The summed E-state index contributed by atoms with van der Waals surface area (Å²) in [6.07, 6.45) is 1.39. The zero-order chi connectivity index (χ0) is 20.1. The van der Waals surface area contributed by atoms with Gasteiger partial charge in [-0.2, -0.15) is 0 Å². The molecule has 0 bridgehead atoms. The van der Waals surface area contributed by atoms with Crippen molar-refractivity contribution in [2.24, 2.45) is 0 Å². The van der Waals surface area contributed by atoms with Crippen LogP contribution in [0.4, 0.5) is 11.4 Å². The highest BCUT2D eigenvalue weighted by atomic mass is 35.5. The average Bonchev–Trinajstić information content (AvgIpc) is 3.13. The van der Waals surface area contributed by atoms with Crippen LogP contribution in [0.1, 0.15) is 23.2 Å². The molecule has 0 unspecified atom stereocenters. The van der Waals surface area contributed by atoms with Crippen LogP contribution in [0.2, 0.25) is 5.02 Å². The Kier molecular flexibility index (Phi) is 6.16. The molecule has 146 valence electrons. The first-order chi connectivity index (χ1) is 13.5. The SMILES string of the molecule is COc1ccc(NC(=O)CNC(=O)c2ccc(N3CCCC3=O)cc2)c(Cl)c1. The Hall–Kier alpha value is -3.06. The summed E-state index contributed by atoms with van der Waals surface area (Å²) in [7, 11) is 1.52. The van der Waals surface area contributed by atoms with E-state index in [1.165, 1.54) is 7.11 Å². The van der Waals surface area contributed by atoms with E-state index in [1.807, 2.05) is 0 Å². The number of ether oxygens (including phenoxy) is 1. The highest BCUT2D eigenvalue weighted by Crippen LogP contribution is 2.26. The van der Waals surface area contributed by atoms with Crippen LogP contribution in [-0.2, 0) is 9.59 Å². The molecule has 2 aromatic rings. The first kappa shape index (κ1) is 19.7. The zero-order valence-corrected chi connectivity index (χ0v) is 16.1. The molecule has 0 radical (unpaired) electrons. The molecule has 7 nitrogen and oxygen atoms in total. The van der Waals surface area contributed by atoms with Crippen LogP contribution in [-0.4, -0.2) is 37.9 Å². The Morgan fingerprint density at radius 3 is 2.54 bits per heavy atom. The Morgan fingerprint density at radius 1 is 1.18 bits per heavy atom. The molecular formula is C20H20ClN3O4. The number of halogens is 1. The van der Waals surface area contributed by atoms with Crippen LogP contribution < -0.4 is 20.3 Å². The maximum absolute atomic E-state index is 12.2. The van der Waals surface area contributed by atoms with Gasteiger partial charge in [0.2, 0.25) is 11.8 Å². The van der Waals surface area contributed by atoms with Crippen LogP contribution in [0, 0.1) is 0 Å². The van der Waals surface area contributed by atoms with Gasteiger partial charge in [-0.1, -0.05) is 11.6 Å². The predicted molar refractivity (Wildman–Crippen MR) is 107 cm³/mol. The Morgan fingerprint density at radius 2 is 1.93 bits per heavy atom. The molecule has 28 heavy (non-hydrogen) atoms. The third-order valence-electron chi connectivity index (χ3n) is 4.37. The highest BCUT2D eigenvalue weighted by molar-refractivity contribution is 6.33. The van der Waals surface area contributed by atoms with E-state index in [0.29, 0.717) is 35.0 Å². The number of amides is 3. The summed E-state index contributed by atoms with van der Waals surface area (Å²) in [6, 6.07) is 11.6. The summed E-state index contributed by atoms with van der Waals surface area (Å²) in [5.74, 6) is -0.114. The van der Waals surface area contributed by atoms with Gasteiger partial charge in [-0.15, -0.1) is 0 Å². The molecule has 0 aromatic heterocycles. The monoisotopic (exact) mass is 401 g/mol. The number of anilines is 2. The number of carbonyl (C=O) groups excluding carboxylic acids is 3. The molecule has 0 atom stereocenters. The van der Waals surface area contributed by atoms with Crippen molar-refractivity contribution in [2.45, 2.75) is 12.8 Å². The van der Waals surface area contributed by atoms with Gasteiger partial charge in [0.15, 0.2) is 0 Å². The summed E-state index contributed by atoms with van der Waals surface area (Å²) in [6.45, 7) is 0.492. The Bertz CT molecular complexity index is 899. The van der Waals surface area contributed by atoms with Crippen molar-refractivity contribution in [2.75, 3.05) is 30.4 Å². The Labute approximate surface area is 167 Å². The van der Waals surface area contributed by atoms with Crippen molar-refractivity contribution in [3.8, 4) is 5.75 Å². The van der Waals surface area contributed by atoms with Crippen molar-refractivity contribution in [1.29, 1.82) is 0 Å². The normalized spacial score (nSPS) is 13.4. The van der Waals surface area contributed by atoms with Gasteiger partial charge >= 0.3 is 0 Å². The zero-order valence-electron chi connectivity index (χ0n) is 15.3. The van der Waals surface area contributed by atoms with Crippen LogP contribution in [0.3, 0.4) is 0 Å². The number of hydrogen-bond acceptors (Lipinski definition) is 4. The quantitative estimate of drug-likeness (QED) is 0.779. The summed E-state index contributed by atoms with van der Waals surface area (Å²) in [5.41, 5.74) is 1.61. The van der Waals surface area contributed by atoms with Crippen LogP contribution in [0.15, 0.2) is 42.5 Å². The van der Waals surface area contributed by atoms with E-state index < -0.39 is 5.91 Å². The number of hydrogen-bond donors (Lipinski definition) is 2. The highest BCUT2D eigenvalue weighted by Gasteiger charge is 2.21. The molecule has 2 N–H and O–H groups in total. The minimum Gasteiger partial charge on any atom is -0.497 e. The second kappa shape index (κ2) is 8.75. The molecule has 1 fully saturated rings. The van der Waals surface area contributed by atoms with Gasteiger partial charge in [0.1, 0.15) is 5.75 Å². The fraction of sp³-hybridized carbons (Fsp3) is 0.250. The summed E-state index contributed by atoms with van der Waals surface area (Å²) < 4.78 is 5.05. The van der Waals surface area contributed by atoms with Gasteiger partial charge in [-0.3, -0.25) is 14.4 Å². The van der Waals surface area contributed by atoms with Crippen LogP contribution in [0.25, 0.3) is 0 Å². The number of benzene rings is 2. The first-order valence-electron chi connectivity index (χ1n) is 8.80. The second-order valence-corrected chi connectivity index (χ2v) is 6.68. The summed E-state index contributed by atoms with van der Waals surface area (Å²) in [5, 5.41) is 5.53. The minimum atomic E-state index is -0.403. The van der Waals surface area contributed by atoms with Crippen LogP contribution >= 0.6 is 11.6 Å². The number of nitrogens with one attached hydrogen (secondary N) is 2. The number of rotatable bonds is 6. The van der Waals surface area contributed by atoms with Gasteiger partial charge in [-0.05, 0) is 42.8 Å². The second-order valence-electron chi connectivity index (χ2n) is 6.27. The molecule has 1 aliphatic heterocycles. The van der Waals surface area contributed by atoms with E-state index in [0.717, 1.165) is 12.1 Å². The number of methoxy groups -OCH3 is 1. The molecule has 2 aromatic carbocycles. The van der Waals surface area contributed by atoms with Gasteiger partial charge < -0.3 is 20.3 Å². The summed E-state index contributed by atoms with van der Waals surface area (Å²) >= 11 is 6.08. The largest absolute Gasteiger partial charge is 0.497 e. The fourth-order valence-corrected chi connectivity index (χ4v) is 3.11. The third kappa shape index (κ3) is 4.61. The van der Waals surface area contributed by atoms with E-state index >= 15 is 0 Å². The molecule has 8 heteroatoms. The minimum absolute atomic E-state index is 0.0889. The smallest absolute Gasteiger partial charge is 0.251 e. The molecule has 0 aliphatic carbocycles. The lowest BCUT2D eigenvalue weighted by Crippen LogP contribution is -2.33. The van der Waals surface area contributed by atoms with Crippen molar-refractivity contribution in [3.63, 3.8) is 0 Å². The lowest BCUT2D eigenvalue weighted by atomic mass is 10.2. The summed E-state index contributed by atoms with van der Waals surface area (Å²) in [4.78, 5) is 37.8. The standard InChI is InChI=1S/C20H20ClN3O4/c1-28-15-8-9-17(16(21)11-15)23-18(25)12-22-20(27)13-4-6-14(7-5-13)24-10-2-3-19(24)26/h4-9,11H,2-3,10,12H2,1H3,(H,22,27)(H,23,25). The van der Waals surface area contributed by atoms with Gasteiger partial charge in [0.25, 0.3) is 5.91 Å². The predicted octanol–water partition coefficient (Wildman–Crippen LogP) is 2.84. The molecule has 3 rings (SSSR count). The maximum atomic E-state index is 12.2. The van der Waals surface area contributed by atoms with Crippen LogP contribution in [0.5, 0.6) is 5.75 Å². The fourth-order valence-electron chi connectivity index (χ4n) is 2.90. The van der Waals surface area contributed by atoms with E-state index in [4.69, 9.17) is 16.3 Å². The number of carbonyl (C=O) groups is 3. The van der Waals surface area contributed by atoms with Gasteiger partial charge in [0, 0.05) is 30.3 Å². The third-order valence-corrected chi connectivity index (χ3v) is 4.69. The van der Waals surface area contributed by atoms with E-state index in [9.17, 15) is 14.4 Å². The van der Waals surface area contributed by atoms with E-state index in [1.54, 1.807) is 47.4 Å². The average molecular weight is 402 g/mol. The molecular weight excluding hydrogens is 382 g/mol. The van der Waals surface area contributed by atoms with Crippen molar-refractivity contribution in [3.05, 3.63) is 53.1 Å². The van der Waals surface area contributed by atoms with Crippen molar-refractivity contribution < 1.29 is 19.1 Å². The molecule has 1 aliphatic rings. The van der Waals surface area contributed by atoms with Gasteiger partial charge in [-0.25, -0.2) is 0 Å². The number of nitrogens with zero attached hydrogens (tertiary/aromatic N) is 1. The van der Waals surface area contributed by atoms with E-state index in [-0.39, 0.29) is 18.4 Å². The van der Waals surface area contributed by atoms with Gasteiger partial charge in [0.05, 0.1) is 24.4 Å². The maximum Gasteiger partial charge on any atom is 0.251 e.